The molecular weight excluding hydrogens is 350 g/mol. The lowest BCUT2D eigenvalue weighted by molar-refractivity contribution is 0.409. The minimum Gasteiger partial charge on any atom is -0.496 e. The monoisotopic (exact) mass is 369 g/mol. The highest BCUT2D eigenvalue weighted by atomic mass is 32.2. The number of rotatable bonds is 6. The Labute approximate surface area is 142 Å². The van der Waals surface area contributed by atoms with Crippen molar-refractivity contribution in [2.45, 2.75) is 23.3 Å². The number of hydrogen-bond acceptors (Lipinski definition) is 5. The summed E-state index contributed by atoms with van der Waals surface area (Å²) in [5, 5.41) is 0. The Morgan fingerprint density at radius 1 is 1.04 bits per heavy atom. The molecular formula is C16H19NO5S2. The van der Waals surface area contributed by atoms with Crippen LogP contribution in [0.4, 0.5) is 0 Å². The van der Waals surface area contributed by atoms with Crippen molar-refractivity contribution in [2.75, 3.05) is 13.4 Å². The molecule has 2 rings (SSSR count). The molecule has 2 aromatic rings. The lowest BCUT2D eigenvalue weighted by Crippen LogP contribution is -2.24. The second kappa shape index (κ2) is 6.92. The summed E-state index contributed by atoms with van der Waals surface area (Å²) in [6, 6.07) is 11.1. The van der Waals surface area contributed by atoms with Crippen LogP contribution in [0.1, 0.15) is 11.1 Å². The van der Waals surface area contributed by atoms with E-state index in [1.165, 1.54) is 25.3 Å². The number of benzene rings is 2. The molecule has 0 heterocycles. The largest absolute Gasteiger partial charge is 0.496 e. The van der Waals surface area contributed by atoms with E-state index in [9.17, 15) is 16.8 Å². The van der Waals surface area contributed by atoms with E-state index in [1.807, 2.05) is 0 Å². The molecule has 0 saturated carbocycles. The third-order valence-corrected chi connectivity index (χ3v) is 6.18. The molecule has 0 amide bonds. The molecule has 0 radical (unpaired) electrons. The predicted octanol–water partition coefficient (Wildman–Crippen LogP) is 1.89. The number of para-hydroxylation sites is 1. The van der Waals surface area contributed by atoms with Crippen LogP contribution in [0.3, 0.4) is 0 Å². The fraction of sp³-hybridized carbons (Fsp3) is 0.250. The Morgan fingerprint density at radius 3 is 2.33 bits per heavy atom. The maximum Gasteiger partial charge on any atom is 0.241 e. The zero-order chi connectivity index (χ0) is 18.0. The first-order valence-corrected chi connectivity index (χ1v) is 10.4. The van der Waals surface area contributed by atoms with E-state index >= 15 is 0 Å². The molecule has 6 nitrogen and oxygen atoms in total. The lowest BCUT2D eigenvalue weighted by atomic mass is 10.2. The third kappa shape index (κ3) is 4.14. The van der Waals surface area contributed by atoms with E-state index in [-0.39, 0.29) is 16.3 Å². The average Bonchev–Trinajstić information content (AvgIpc) is 2.52. The highest BCUT2D eigenvalue weighted by molar-refractivity contribution is 7.91. The average molecular weight is 369 g/mol. The molecule has 0 aliphatic heterocycles. The summed E-state index contributed by atoms with van der Waals surface area (Å²) < 4.78 is 56.1. The Bertz CT molecular complexity index is 950. The molecule has 0 aliphatic carbocycles. The van der Waals surface area contributed by atoms with Crippen LogP contribution in [0.5, 0.6) is 5.75 Å². The van der Waals surface area contributed by atoms with Gasteiger partial charge < -0.3 is 4.74 Å². The van der Waals surface area contributed by atoms with Gasteiger partial charge in [-0.1, -0.05) is 24.3 Å². The molecule has 0 unspecified atom stereocenters. The molecule has 0 aromatic heterocycles. The summed E-state index contributed by atoms with van der Waals surface area (Å²) in [6.45, 7) is 1.65. The van der Waals surface area contributed by atoms with Gasteiger partial charge in [0.1, 0.15) is 5.75 Å². The Kier molecular flexibility index (Phi) is 5.32. The smallest absolute Gasteiger partial charge is 0.241 e. The van der Waals surface area contributed by atoms with Gasteiger partial charge in [0, 0.05) is 18.4 Å². The first kappa shape index (κ1) is 18.4. The lowest BCUT2D eigenvalue weighted by Gasteiger charge is -2.12. The van der Waals surface area contributed by atoms with Gasteiger partial charge in [0.05, 0.1) is 16.9 Å². The van der Waals surface area contributed by atoms with E-state index < -0.39 is 19.9 Å². The van der Waals surface area contributed by atoms with Crippen molar-refractivity contribution in [2.24, 2.45) is 0 Å². The van der Waals surface area contributed by atoms with Crippen molar-refractivity contribution >= 4 is 19.9 Å². The first-order chi connectivity index (χ1) is 11.1. The molecule has 0 bridgehead atoms. The topological polar surface area (TPSA) is 89.5 Å². The molecule has 0 saturated heterocycles. The van der Waals surface area contributed by atoms with Crippen LogP contribution in [0.25, 0.3) is 0 Å². The fourth-order valence-corrected chi connectivity index (χ4v) is 4.20. The van der Waals surface area contributed by atoms with Crippen molar-refractivity contribution in [3.05, 3.63) is 53.6 Å². The van der Waals surface area contributed by atoms with Gasteiger partial charge in [0.15, 0.2) is 9.84 Å². The quantitative estimate of drug-likeness (QED) is 0.840. The summed E-state index contributed by atoms with van der Waals surface area (Å²) in [4.78, 5) is -0.0916. The third-order valence-electron chi connectivity index (χ3n) is 3.52. The highest BCUT2D eigenvalue weighted by Crippen LogP contribution is 2.22. The van der Waals surface area contributed by atoms with Gasteiger partial charge in [-0.05, 0) is 30.7 Å². The molecule has 0 aliphatic rings. The molecule has 130 valence electrons. The number of aryl methyl sites for hydroxylation is 1. The minimum atomic E-state index is -3.87. The first-order valence-electron chi connectivity index (χ1n) is 7.07. The van der Waals surface area contributed by atoms with Crippen molar-refractivity contribution in [3.8, 4) is 5.75 Å². The van der Waals surface area contributed by atoms with Crippen LogP contribution >= 0.6 is 0 Å². The van der Waals surface area contributed by atoms with E-state index in [0.717, 1.165) is 6.26 Å². The summed E-state index contributed by atoms with van der Waals surface area (Å²) in [5.74, 6) is 0.571. The van der Waals surface area contributed by atoms with Crippen LogP contribution in [-0.4, -0.2) is 30.2 Å². The van der Waals surface area contributed by atoms with Gasteiger partial charge >= 0.3 is 0 Å². The molecule has 1 N–H and O–H groups in total. The predicted molar refractivity (Wildman–Crippen MR) is 91.3 cm³/mol. The fourth-order valence-electron chi connectivity index (χ4n) is 2.20. The van der Waals surface area contributed by atoms with Crippen LogP contribution in [-0.2, 0) is 26.4 Å². The molecule has 0 fully saturated rings. The molecule has 0 atom stereocenters. The summed E-state index contributed by atoms with van der Waals surface area (Å²) in [5.41, 5.74) is 1.15. The zero-order valence-electron chi connectivity index (χ0n) is 13.6. The van der Waals surface area contributed by atoms with Gasteiger partial charge in [-0.2, -0.15) is 0 Å². The number of hydrogen-bond donors (Lipinski definition) is 1. The Balaban J connectivity index is 2.34. The van der Waals surface area contributed by atoms with E-state index in [1.54, 1.807) is 31.2 Å². The summed E-state index contributed by atoms with van der Waals surface area (Å²) >= 11 is 0. The summed E-state index contributed by atoms with van der Waals surface area (Å²) in [6.07, 6.45) is 1.04. The molecule has 24 heavy (non-hydrogen) atoms. The Hall–Kier alpha value is -1.90. The standard InChI is InChI=1S/C16H19NO5S2/c1-12-8-9-14(23(3,18)19)10-16(12)24(20,21)17-11-13-6-4-5-7-15(13)22-2/h4-10,17H,11H2,1-3H3. The second-order valence-electron chi connectivity index (χ2n) is 5.34. The van der Waals surface area contributed by atoms with Crippen molar-refractivity contribution < 1.29 is 21.6 Å². The molecule has 0 spiro atoms. The maximum atomic E-state index is 12.6. The van der Waals surface area contributed by atoms with E-state index in [4.69, 9.17) is 4.74 Å². The molecule has 8 heteroatoms. The second-order valence-corrected chi connectivity index (χ2v) is 9.09. The van der Waals surface area contributed by atoms with Gasteiger partial charge in [-0.25, -0.2) is 21.6 Å². The number of sulfonamides is 1. The van der Waals surface area contributed by atoms with Gasteiger partial charge in [-0.15, -0.1) is 0 Å². The van der Waals surface area contributed by atoms with E-state index in [0.29, 0.717) is 16.9 Å². The normalized spacial score (nSPS) is 12.1. The van der Waals surface area contributed by atoms with Crippen LogP contribution in [0.15, 0.2) is 52.3 Å². The maximum absolute atomic E-state index is 12.6. The van der Waals surface area contributed by atoms with Crippen LogP contribution < -0.4 is 9.46 Å². The Morgan fingerprint density at radius 2 is 1.71 bits per heavy atom. The van der Waals surface area contributed by atoms with Crippen LogP contribution in [0.2, 0.25) is 0 Å². The number of ether oxygens (including phenoxy) is 1. The SMILES string of the molecule is COc1ccccc1CNS(=O)(=O)c1cc(S(C)(=O)=O)ccc1C. The molecule has 2 aromatic carbocycles. The number of nitrogens with one attached hydrogen (secondary N) is 1. The summed E-state index contributed by atoms with van der Waals surface area (Å²) in [7, 11) is -5.85. The number of methoxy groups -OCH3 is 1. The van der Waals surface area contributed by atoms with Gasteiger partial charge in [0.25, 0.3) is 0 Å². The van der Waals surface area contributed by atoms with Gasteiger partial charge in [-0.3, -0.25) is 0 Å². The van der Waals surface area contributed by atoms with Crippen molar-refractivity contribution in [1.82, 2.24) is 4.72 Å². The minimum absolute atomic E-state index is 0.0363. The van der Waals surface area contributed by atoms with E-state index in [2.05, 4.69) is 4.72 Å². The van der Waals surface area contributed by atoms with Gasteiger partial charge in [0.2, 0.25) is 10.0 Å². The van der Waals surface area contributed by atoms with Crippen molar-refractivity contribution in [1.29, 1.82) is 0 Å². The number of sulfone groups is 1. The zero-order valence-corrected chi connectivity index (χ0v) is 15.2. The van der Waals surface area contributed by atoms with Crippen LogP contribution in [0, 0.1) is 6.92 Å². The van der Waals surface area contributed by atoms with Crippen molar-refractivity contribution in [3.63, 3.8) is 0 Å². The highest BCUT2D eigenvalue weighted by Gasteiger charge is 2.20.